The zero-order valence-corrected chi connectivity index (χ0v) is 9.03. The highest BCUT2D eigenvalue weighted by Gasteiger charge is 2.27. The van der Waals surface area contributed by atoms with Gasteiger partial charge in [-0.25, -0.2) is 0 Å². The van der Waals surface area contributed by atoms with Gasteiger partial charge in [-0.05, 0) is 30.6 Å². The summed E-state index contributed by atoms with van der Waals surface area (Å²) in [6.07, 6.45) is 3.57. The second-order valence-corrected chi connectivity index (χ2v) is 5.32. The van der Waals surface area contributed by atoms with Crippen LogP contribution in [0.5, 0.6) is 0 Å². The molecule has 0 amide bonds. The number of rotatable bonds is 1. The molecule has 1 fully saturated rings. The predicted molar refractivity (Wildman–Crippen MR) is 52.4 cm³/mol. The maximum absolute atomic E-state index is 6.07. The summed E-state index contributed by atoms with van der Waals surface area (Å²) in [5.41, 5.74) is 0.330. The van der Waals surface area contributed by atoms with Crippen molar-refractivity contribution in [1.29, 1.82) is 0 Å². The molecule has 2 unspecified atom stereocenters. The molecule has 0 radical (unpaired) electrons. The van der Waals surface area contributed by atoms with Gasteiger partial charge >= 0.3 is 0 Å². The Hall–Kier alpha value is 0.250. The lowest BCUT2D eigenvalue weighted by Crippen LogP contribution is -2.28. The molecule has 0 aromatic carbocycles. The van der Waals surface area contributed by atoms with Gasteiger partial charge in [-0.2, -0.15) is 0 Å². The van der Waals surface area contributed by atoms with Crippen LogP contribution in [0.25, 0.3) is 0 Å². The lowest BCUT2D eigenvalue weighted by molar-refractivity contribution is 0.0106. The van der Waals surface area contributed by atoms with Crippen molar-refractivity contribution in [3.8, 4) is 0 Å². The van der Waals surface area contributed by atoms with Gasteiger partial charge in [0, 0.05) is 6.61 Å². The molecule has 0 N–H and O–H groups in total. The fraction of sp³-hybridized carbons (Fsp3) is 1.00. The fourth-order valence-electron chi connectivity index (χ4n) is 1.79. The van der Waals surface area contributed by atoms with Gasteiger partial charge in [0.1, 0.15) is 5.56 Å². The second kappa shape index (κ2) is 3.97. The van der Waals surface area contributed by atoms with E-state index in [-0.39, 0.29) is 5.56 Å². The van der Waals surface area contributed by atoms with E-state index in [1.807, 2.05) is 0 Å². The van der Waals surface area contributed by atoms with E-state index in [2.05, 4.69) is 20.8 Å². The molecule has 1 rings (SSSR count). The van der Waals surface area contributed by atoms with Crippen LogP contribution in [-0.2, 0) is 4.74 Å². The third-order valence-electron chi connectivity index (χ3n) is 2.24. The van der Waals surface area contributed by atoms with Crippen LogP contribution in [0.15, 0.2) is 0 Å². The standard InChI is InChI=1S/C10H19ClO/c1-10(2,3)7-8-5-4-6-12-9(8)11/h8-9H,4-7H2,1-3H3. The van der Waals surface area contributed by atoms with E-state index in [1.54, 1.807) is 0 Å². The highest BCUT2D eigenvalue weighted by atomic mass is 35.5. The monoisotopic (exact) mass is 190 g/mol. The Labute approximate surface area is 80.4 Å². The highest BCUT2D eigenvalue weighted by molar-refractivity contribution is 6.19. The van der Waals surface area contributed by atoms with E-state index in [0.29, 0.717) is 11.3 Å². The average Bonchev–Trinajstić information content (AvgIpc) is 1.91. The van der Waals surface area contributed by atoms with E-state index in [4.69, 9.17) is 16.3 Å². The van der Waals surface area contributed by atoms with Crippen molar-refractivity contribution in [2.75, 3.05) is 6.61 Å². The maximum Gasteiger partial charge on any atom is 0.134 e. The molecule has 1 saturated heterocycles. The first-order valence-corrected chi connectivity index (χ1v) is 5.18. The number of halogens is 1. The largest absolute Gasteiger partial charge is 0.362 e. The predicted octanol–water partition coefficient (Wildman–Crippen LogP) is 3.41. The summed E-state index contributed by atoms with van der Waals surface area (Å²) in [6.45, 7) is 7.61. The Morgan fingerprint density at radius 1 is 1.42 bits per heavy atom. The lowest BCUT2D eigenvalue weighted by atomic mass is 9.82. The van der Waals surface area contributed by atoms with Crippen molar-refractivity contribution in [2.24, 2.45) is 11.3 Å². The van der Waals surface area contributed by atoms with Gasteiger partial charge in [-0.1, -0.05) is 32.4 Å². The van der Waals surface area contributed by atoms with E-state index >= 15 is 0 Å². The van der Waals surface area contributed by atoms with Gasteiger partial charge in [0.2, 0.25) is 0 Å². The summed E-state index contributed by atoms with van der Waals surface area (Å²) in [4.78, 5) is 0. The molecule has 0 spiro atoms. The highest BCUT2D eigenvalue weighted by Crippen LogP contribution is 2.34. The molecule has 2 heteroatoms. The minimum Gasteiger partial charge on any atom is -0.362 e. The number of ether oxygens (including phenoxy) is 1. The van der Waals surface area contributed by atoms with Crippen molar-refractivity contribution in [3.63, 3.8) is 0 Å². The van der Waals surface area contributed by atoms with Gasteiger partial charge in [0.25, 0.3) is 0 Å². The third-order valence-corrected chi connectivity index (χ3v) is 2.72. The molecule has 72 valence electrons. The normalized spacial score (nSPS) is 32.0. The molecule has 0 bridgehead atoms. The zero-order valence-electron chi connectivity index (χ0n) is 8.27. The summed E-state index contributed by atoms with van der Waals surface area (Å²) in [6, 6.07) is 0. The van der Waals surface area contributed by atoms with Crippen LogP contribution in [0.1, 0.15) is 40.0 Å². The van der Waals surface area contributed by atoms with E-state index in [9.17, 15) is 0 Å². The zero-order chi connectivity index (χ0) is 9.19. The molecule has 0 aliphatic carbocycles. The minimum atomic E-state index is -0.0435. The van der Waals surface area contributed by atoms with Crippen molar-refractivity contribution in [1.82, 2.24) is 0 Å². The van der Waals surface area contributed by atoms with Crippen LogP contribution < -0.4 is 0 Å². The first kappa shape index (κ1) is 10.3. The number of hydrogen-bond donors (Lipinski definition) is 0. The van der Waals surface area contributed by atoms with Gasteiger partial charge in [-0.15, -0.1) is 0 Å². The second-order valence-electron chi connectivity index (χ2n) is 4.89. The molecule has 1 aliphatic rings. The van der Waals surface area contributed by atoms with E-state index in [0.717, 1.165) is 6.61 Å². The van der Waals surface area contributed by atoms with E-state index < -0.39 is 0 Å². The smallest absolute Gasteiger partial charge is 0.134 e. The summed E-state index contributed by atoms with van der Waals surface area (Å²) < 4.78 is 5.40. The number of alkyl halides is 1. The molecular weight excluding hydrogens is 172 g/mol. The average molecular weight is 191 g/mol. The molecule has 12 heavy (non-hydrogen) atoms. The summed E-state index contributed by atoms with van der Waals surface area (Å²) in [5.74, 6) is 0.556. The quantitative estimate of drug-likeness (QED) is 0.576. The van der Waals surface area contributed by atoms with Gasteiger partial charge in [0.15, 0.2) is 0 Å². The van der Waals surface area contributed by atoms with Crippen molar-refractivity contribution in [2.45, 2.75) is 45.6 Å². The molecule has 0 aromatic heterocycles. The van der Waals surface area contributed by atoms with Crippen LogP contribution >= 0.6 is 11.6 Å². The molecular formula is C10H19ClO. The van der Waals surface area contributed by atoms with Crippen LogP contribution in [0.3, 0.4) is 0 Å². The molecule has 1 nitrogen and oxygen atoms in total. The molecule has 1 heterocycles. The van der Waals surface area contributed by atoms with Crippen molar-refractivity contribution >= 4 is 11.6 Å². The Morgan fingerprint density at radius 3 is 2.58 bits per heavy atom. The Balaban J connectivity index is 2.39. The van der Waals surface area contributed by atoms with Crippen molar-refractivity contribution < 1.29 is 4.74 Å². The van der Waals surface area contributed by atoms with Crippen LogP contribution in [0.4, 0.5) is 0 Å². The fourth-order valence-corrected chi connectivity index (χ4v) is 2.09. The van der Waals surface area contributed by atoms with Crippen LogP contribution in [-0.4, -0.2) is 12.2 Å². The summed E-state index contributed by atoms with van der Waals surface area (Å²) in [7, 11) is 0. The Morgan fingerprint density at radius 2 is 2.08 bits per heavy atom. The minimum absolute atomic E-state index is 0.0435. The van der Waals surface area contributed by atoms with E-state index in [1.165, 1.54) is 19.3 Å². The van der Waals surface area contributed by atoms with Gasteiger partial charge in [0.05, 0.1) is 0 Å². The molecule has 1 aliphatic heterocycles. The molecule has 2 atom stereocenters. The summed E-state index contributed by atoms with van der Waals surface area (Å²) in [5, 5.41) is 0. The van der Waals surface area contributed by atoms with Crippen LogP contribution in [0.2, 0.25) is 0 Å². The number of hydrogen-bond acceptors (Lipinski definition) is 1. The third kappa shape index (κ3) is 3.32. The molecule has 0 saturated carbocycles. The van der Waals surface area contributed by atoms with Gasteiger partial charge in [-0.3, -0.25) is 0 Å². The lowest BCUT2D eigenvalue weighted by Gasteiger charge is -2.32. The Kier molecular flexibility index (Phi) is 3.42. The molecule has 0 aromatic rings. The first-order valence-electron chi connectivity index (χ1n) is 4.75. The SMILES string of the molecule is CC(C)(C)CC1CCCOC1Cl. The maximum atomic E-state index is 6.07. The topological polar surface area (TPSA) is 9.23 Å². The van der Waals surface area contributed by atoms with Gasteiger partial charge < -0.3 is 4.74 Å². The van der Waals surface area contributed by atoms with Crippen molar-refractivity contribution in [3.05, 3.63) is 0 Å². The summed E-state index contributed by atoms with van der Waals surface area (Å²) >= 11 is 6.07. The first-order chi connectivity index (χ1) is 5.49. The Bertz CT molecular complexity index is 139. The van der Waals surface area contributed by atoms with Crippen LogP contribution in [0, 0.1) is 11.3 Å².